The number of alkyl halides is 3. The van der Waals surface area contributed by atoms with Crippen LogP contribution in [0.5, 0.6) is 0 Å². The van der Waals surface area contributed by atoms with E-state index in [1.165, 1.54) is 16.2 Å². The van der Waals surface area contributed by atoms with E-state index in [0.29, 0.717) is 31.1 Å². The number of hydrogen-bond acceptors (Lipinski definition) is 3. The molecule has 0 saturated carbocycles. The van der Waals surface area contributed by atoms with Gasteiger partial charge in [-0.3, -0.25) is 4.90 Å². The quantitative estimate of drug-likeness (QED) is 0.883. The predicted molar refractivity (Wildman–Crippen MR) is 62.3 cm³/mol. The molecule has 1 aromatic rings. The Balaban J connectivity index is 2.24. The monoisotopic (exact) mass is 264 g/mol. The highest BCUT2D eigenvalue weighted by molar-refractivity contribution is 7.12. The zero-order chi connectivity index (χ0) is 12.5. The van der Waals surface area contributed by atoms with Crippen LogP contribution in [0.1, 0.15) is 15.8 Å². The molecule has 1 atom stereocenters. The Morgan fingerprint density at radius 1 is 1.29 bits per heavy atom. The molecule has 1 fully saturated rings. The first kappa shape index (κ1) is 12.9. The molecule has 0 unspecified atom stereocenters. The van der Waals surface area contributed by atoms with E-state index in [4.69, 9.17) is 0 Å². The van der Waals surface area contributed by atoms with Gasteiger partial charge in [-0.05, 0) is 19.1 Å². The van der Waals surface area contributed by atoms with Gasteiger partial charge in [-0.1, -0.05) is 0 Å². The van der Waals surface area contributed by atoms with Gasteiger partial charge in [0.25, 0.3) is 0 Å². The third-order valence-corrected chi connectivity index (χ3v) is 3.91. The molecule has 1 saturated heterocycles. The summed E-state index contributed by atoms with van der Waals surface area (Å²) in [7, 11) is 0. The lowest BCUT2D eigenvalue weighted by molar-refractivity contribution is -0.186. The lowest BCUT2D eigenvalue weighted by Crippen LogP contribution is -2.48. The van der Waals surface area contributed by atoms with Crippen molar-refractivity contribution in [2.24, 2.45) is 0 Å². The van der Waals surface area contributed by atoms with Crippen LogP contribution >= 0.6 is 11.3 Å². The fourth-order valence-corrected chi connectivity index (χ4v) is 3.13. The standard InChI is InChI=1S/C11H15F3N2S/c1-8-2-3-9(17-8)10(11(12,13)14)16-6-4-15-5-7-16/h2-3,10,15H,4-7H2,1H3/t10-/m1/s1. The molecular formula is C11H15F3N2S. The van der Waals surface area contributed by atoms with Crippen LogP contribution in [0.15, 0.2) is 12.1 Å². The van der Waals surface area contributed by atoms with Crippen LogP contribution in [-0.4, -0.2) is 37.3 Å². The van der Waals surface area contributed by atoms with Crippen molar-refractivity contribution >= 4 is 11.3 Å². The summed E-state index contributed by atoms with van der Waals surface area (Å²) in [6, 6.07) is 1.91. The largest absolute Gasteiger partial charge is 0.408 e. The molecule has 0 amide bonds. The van der Waals surface area contributed by atoms with E-state index in [0.717, 1.165) is 4.88 Å². The van der Waals surface area contributed by atoms with Crippen molar-refractivity contribution in [3.63, 3.8) is 0 Å². The zero-order valence-corrected chi connectivity index (χ0v) is 10.4. The van der Waals surface area contributed by atoms with Gasteiger partial charge >= 0.3 is 6.18 Å². The van der Waals surface area contributed by atoms with Gasteiger partial charge in [0, 0.05) is 35.9 Å². The molecule has 2 rings (SSSR count). The summed E-state index contributed by atoms with van der Waals surface area (Å²) in [4.78, 5) is 2.84. The zero-order valence-electron chi connectivity index (χ0n) is 9.55. The maximum atomic E-state index is 13.1. The van der Waals surface area contributed by atoms with Gasteiger partial charge < -0.3 is 5.32 Å². The molecule has 2 nitrogen and oxygen atoms in total. The van der Waals surface area contributed by atoms with Crippen molar-refractivity contribution < 1.29 is 13.2 Å². The second kappa shape index (κ2) is 4.96. The van der Waals surface area contributed by atoms with E-state index in [1.54, 1.807) is 12.1 Å². The maximum absolute atomic E-state index is 13.1. The van der Waals surface area contributed by atoms with Crippen LogP contribution in [0.4, 0.5) is 13.2 Å². The molecule has 6 heteroatoms. The first-order chi connectivity index (χ1) is 7.98. The second-order valence-corrected chi connectivity index (χ2v) is 5.50. The molecule has 1 N–H and O–H groups in total. The SMILES string of the molecule is Cc1ccc([C@@H](N2CCNCC2)C(F)(F)F)s1. The van der Waals surface area contributed by atoms with Gasteiger partial charge in [-0.15, -0.1) is 11.3 Å². The van der Waals surface area contributed by atoms with E-state index < -0.39 is 12.2 Å². The average Bonchev–Trinajstić information content (AvgIpc) is 2.64. The van der Waals surface area contributed by atoms with Crippen molar-refractivity contribution in [2.45, 2.75) is 19.1 Å². The molecule has 0 bridgehead atoms. The lowest BCUT2D eigenvalue weighted by atomic mass is 10.1. The number of halogens is 3. The summed E-state index contributed by atoms with van der Waals surface area (Å²) in [6.07, 6.45) is -4.20. The minimum atomic E-state index is -4.20. The highest BCUT2D eigenvalue weighted by Crippen LogP contribution is 2.40. The molecule has 17 heavy (non-hydrogen) atoms. The highest BCUT2D eigenvalue weighted by atomic mass is 32.1. The molecule has 1 aliphatic rings. The molecule has 2 heterocycles. The summed E-state index contributed by atoms with van der Waals surface area (Å²) in [5.74, 6) is 0. The van der Waals surface area contributed by atoms with Gasteiger partial charge in [0.05, 0.1) is 0 Å². The van der Waals surface area contributed by atoms with Crippen LogP contribution in [0.25, 0.3) is 0 Å². The van der Waals surface area contributed by atoms with Crippen LogP contribution < -0.4 is 5.32 Å². The molecule has 1 aromatic heterocycles. The molecular weight excluding hydrogens is 249 g/mol. The summed E-state index contributed by atoms with van der Waals surface area (Å²) in [5.41, 5.74) is 0. The minimum absolute atomic E-state index is 0.400. The summed E-state index contributed by atoms with van der Waals surface area (Å²) >= 11 is 1.23. The molecule has 0 aromatic carbocycles. The Morgan fingerprint density at radius 3 is 2.41 bits per heavy atom. The lowest BCUT2D eigenvalue weighted by Gasteiger charge is -2.35. The molecule has 0 aliphatic carbocycles. The van der Waals surface area contributed by atoms with E-state index in [1.807, 2.05) is 6.92 Å². The highest BCUT2D eigenvalue weighted by Gasteiger charge is 2.45. The third-order valence-electron chi connectivity index (χ3n) is 2.86. The number of piperazine rings is 1. The Bertz CT molecular complexity index is 369. The number of nitrogens with zero attached hydrogens (tertiary/aromatic N) is 1. The number of nitrogens with one attached hydrogen (secondary N) is 1. The van der Waals surface area contributed by atoms with Gasteiger partial charge in [-0.2, -0.15) is 13.2 Å². The fourth-order valence-electron chi connectivity index (χ4n) is 2.09. The number of hydrogen-bond donors (Lipinski definition) is 1. The van der Waals surface area contributed by atoms with Crippen molar-refractivity contribution in [3.8, 4) is 0 Å². The van der Waals surface area contributed by atoms with E-state index in [-0.39, 0.29) is 0 Å². The summed E-state index contributed by atoms with van der Waals surface area (Å²) in [5, 5.41) is 3.07. The summed E-state index contributed by atoms with van der Waals surface area (Å²) < 4.78 is 39.4. The van der Waals surface area contributed by atoms with E-state index in [9.17, 15) is 13.2 Å². The number of thiophene rings is 1. The van der Waals surface area contributed by atoms with Crippen molar-refractivity contribution in [1.82, 2.24) is 10.2 Å². The first-order valence-electron chi connectivity index (χ1n) is 5.56. The Labute approximate surface area is 102 Å². The van der Waals surface area contributed by atoms with Gasteiger partial charge in [0.2, 0.25) is 0 Å². The van der Waals surface area contributed by atoms with Crippen LogP contribution in [0.3, 0.4) is 0 Å². The van der Waals surface area contributed by atoms with Crippen LogP contribution in [-0.2, 0) is 0 Å². The number of aryl methyl sites for hydroxylation is 1. The maximum Gasteiger partial charge on any atom is 0.408 e. The average molecular weight is 264 g/mol. The Kier molecular flexibility index (Phi) is 3.75. The second-order valence-electron chi connectivity index (χ2n) is 4.18. The van der Waals surface area contributed by atoms with Crippen LogP contribution in [0, 0.1) is 6.92 Å². The van der Waals surface area contributed by atoms with Crippen LogP contribution in [0.2, 0.25) is 0 Å². The minimum Gasteiger partial charge on any atom is -0.314 e. The number of rotatable bonds is 2. The van der Waals surface area contributed by atoms with Gasteiger partial charge in [0.1, 0.15) is 6.04 Å². The third kappa shape index (κ3) is 3.00. The topological polar surface area (TPSA) is 15.3 Å². The van der Waals surface area contributed by atoms with E-state index >= 15 is 0 Å². The smallest absolute Gasteiger partial charge is 0.314 e. The molecule has 1 aliphatic heterocycles. The van der Waals surface area contributed by atoms with Gasteiger partial charge in [-0.25, -0.2) is 0 Å². The Hall–Kier alpha value is -0.590. The fraction of sp³-hybridized carbons (Fsp3) is 0.636. The van der Waals surface area contributed by atoms with Gasteiger partial charge in [0.15, 0.2) is 0 Å². The van der Waals surface area contributed by atoms with Crippen molar-refractivity contribution in [2.75, 3.05) is 26.2 Å². The molecule has 0 spiro atoms. The van der Waals surface area contributed by atoms with E-state index in [2.05, 4.69) is 5.32 Å². The predicted octanol–water partition coefficient (Wildman–Crippen LogP) is 2.57. The summed E-state index contributed by atoms with van der Waals surface area (Å²) in [6.45, 7) is 3.97. The first-order valence-corrected chi connectivity index (χ1v) is 6.38. The molecule has 96 valence electrons. The normalized spacial score (nSPS) is 20.5. The van der Waals surface area contributed by atoms with Crippen molar-refractivity contribution in [1.29, 1.82) is 0 Å². The van der Waals surface area contributed by atoms with Crippen molar-refractivity contribution in [3.05, 3.63) is 21.9 Å². The Morgan fingerprint density at radius 2 is 1.94 bits per heavy atom. The molecule has 0 radical (unpaired) electrons.